The molecule has 0 aliphatic carbocycles. The molecule has 0 aromatic heterocycles. The van der Waals surface area contributed by atoms with Gasteiger partial charge in [-0.3, -0.25) is 0 Å². The SMILES string of the molecule is CCO[Si](CCC=CC(N)N)(OCC)OCC. The fourth-order valence-corrected chi connectivity index (χ4v) is 4.04. The Kier molecular flexibility index (Phi) is 9.61. The fraction of sp³-hybridized carbons (Fsp3) is 0.818. The van der Waals surface area contributed by atoms with Gasteiger partial charge in [0.25, 0.3) is 0 Å². The lowest BCUT2D eigenvalue weighted by Crippen LogP contribution is -2.45. The summed E-state index contributed by atoms with van der Waals surface area (Å²) in [5.41, 5.74) is 10.9. The van der Waals surface area contributed by atoms with Crippen molar-refractivity contribution in [3.05, 3.63) is 12.2 Å². The van der Waals surface area contributed by atoms with E-state index in [1.54, 1.807) is 6.08 Å². The minimum Gasteiger partial charge on any atom is -0.374 e. The van der Waals surface area contributed by atoms with Crippen molar-refractivity contribution >= 4 is 8.80 Å². The smallest absolute Gasteiger partial charge is 0.374 e. The van der Waals surface area contributed by atoms with Gasteiger partial charge in [0.1, 0.15) is 0 Å². The average Bonchev–Trinajstić information content (AvgIpc) is 2.25. The Bertz CT molecular complexity index is 196. The molecule has 102 valence electrons. The van der Waals surface area contributed by atoms with Gasteiger partial charge in [-0.15, -0.1) is 0 Å². The van der Waals surface area contributed by atoms with E-state index in [-0.39, 0.29) is 0 Å². The van der Waals surface area contributed by atoms with Crippen molar-refractivity contribution in [1.29, 1.82) is 0 Å². The zero-order valence-electron chi connectivity index (χ0n) is 11.1. The summed E-state index contributed by atoms with van der Waals surface area (Å²) in [6.45, 7) is 7.66. The van der Waals surface area contributed by atoms with Gasteiger partial charge < -0.3 is 24.7 Å². The predicted molar refractivity (Wildman–Crippen MR) is 71.4 cm³/mol. The van der Waals surface area contributed by atoms with Crippen molar-refractivity contribution in [2.45, 2.75) is 39.4 Å². The average molecular weight is 262 g/mol. The minimum absolute atomic E-state index is 0.405. The molecule has 6 heteroatoms. The Labute approximate surface area is 105 Å². The van der Waals surface area contributed by atoms with Gasteiger partial charge in [-0.05, 0) is 27.2 Å². The highest BCUT2D eigenvalue weighted by Crippen LogP contribution is 2.18. The Morgan fingerprint density at radius 1 is 1.00 bits per heavy atom. The van der Waals surface area contributed by atoms with Crippen LogP contribution in [0.15, 0.2) is 12.2 Å². The lowest BCUT2D eigenvalue weighted by Gasteiger charge is -2.28. The number of nitrogens with two attached hydrogens (primary N) is 2. The van der Waals surface area contributed by atoms with Gasteiger partial charge >= 0.3 is 8.80 Å². The number of rotatable bonds is 10. The molecule has 0 spiro atoms. The van der Waals surface area contributed by atoms with Crippen LogP contribution in [0.25, 0.3) is 0 Å². The van der Waals surface area contributed by atoms with E-state index in [0.29, 0.717) is 19.8 Å². The van der Waals surface area contributed by atoms with Crippen LogP contribution in [-0.2, 0) is 13.3 Å². The largest absolute Gasteiger partial charge is 0.501 e. The third kappa shape index (κ3) is 7.64. The van der Waals surface area contributed by atoms with Crippen LogP contribution in [0, 0.1) is 0 Å². The molecule has 0 unspecified atom stereocenters. The lowest BCUT2D eigenvalue weighted by molar-refractivity contribution is 0.0716. The first-order chi connectivity index (χ1) is 8.10. The van der Waals surface area contributed by atoms with Crippen molar-refractivity contribution in [2.75, 3.05) is 19.8 Å². The van der Waals surface area contributed by atoms with Gasteiger partial charge in [-0.25, -0.2) is 0 Å². The first kappa shape index (κ1) is 16.8. The Morgan fingerprint density at radius 2 is 1.47 bits per heavy atom. The summed E-state index contributed by atoms with van der Waals surface area (Å²) in [7, 11) is -2.50. The maximum absolute atomic E-state index is 5.72. The van der Waals surface area contributed by atoms with E-state index >= 15 is 0 Å². The monoisotopic (exact) mass is 262 g/mol. The second-order valence-electron chi connectivity index (χ2n) is 3.53. The van der Waals surface area contributed by atoms with Gasteiger partial charge in [0.05, 0.1) is 6.17 Å². The van der Waals surface area contributed by atoms with E-state index in [0.717, 1.165) is 12.5 Å². The Morgan fingerprint density at radius 3 is 1.82 bits per heavy atom. The van der Waals surface area contributed by atoms with E-state index in [1.807, 2.05) is 26.8 Å². The Hall–Kier alpha value is -0.243. The minimum atomic E-state index is -2.50. The van der Waals surface area contributed by atoms with Crippen LogP contribution >= 0.6 is 0 Å². The normalized spacial score (nSPS) is 12.8. The summed E-state index contributed by atoms with van der Waals surface area (Å²) in [6.07, 6.45) is 4.11. The lowest BCUT2D eigenvalue weighted by atomic mass is 10.4. The predicted octanol–water partition coefficient (Wildman–Crippen LogP) is 1.22. The molecule has 0 amide bonds. The third-order valence-corrected chi connectivity index (χ3v) is 5.15. The van der Waals surface area contributed by atoms with E-state index in [2.05, 4.69) is 0 Å². The van der Waals surface area contributed by atoms with Crippen molar-refractivity contribution in [1.82, 2.24) is 0 Å². The van der Waals surface area contributed by atoms with Crippen molar-refractivity contribution in [3.8, 4) is 0 Å². The molecule has 17 heavy (non-hydrogen) atoms. The maximum atomic E-state index is 5.72. The first-order valence-corrected chi connectivity index (χ1v) is 8.13. The maximum Gasteiger partial charge on any atom is 0.501 e. The van der Waals surface area contributed by atoms with Gasteiger partial charge in [-0.2, -0.15) is 0 Å². The van der Waals surface area contributed by atoms with E-state index in [9.17, 15) is 0 Å². The summed E-state index contributed by atoms with van der Waals surface area (Å²) in [5, 5.41) is 0. The summed E-state index contributed by atoms with van der Waals surface area (Å²) in [5.74, 6) is 0. The van der Waals surface area contributed by atoms with E-state index < -0.39 is 15.0 Å². The van der Waals surface area contributed by atoms with Crippen LogP contribution in [0.4, 0.5) is 0 Å². The molecule has 4 N–H and O–H groups in total. The zero-order chi connectivity index (χ0) is 13.1. The first-order valence-electron chi connectivity index (χ1n) is 6.19. The second-order valence-corrected chi connectivity index (χ2v) is 6.26. The Balaban J connectivity index is 4.32. The van der Waals surface area contributed by atoms with Crippen LogP contribution < -0.4 is 11.5 Å². The number of allylic oxidation sites excluding steroid dienone is 1. The highest BCUT2D eigenvalue weighted by atomic mass is 28.4. The van der Waals surface area contributed by atoms with Crippen molar-refractivity contribution in [3.63, 3.8) is 0 Å². The summed E-state index contributed by atoms with van der Waals surface area (Å²) >= 11 is 0. The van der Waals surface area contributed by atoms with E-state index in [4.69, 9.17) is 24.7 Å². The second kappa shape index (κ2) is 9.75. The molecule has 5 nitrogen and oxygen atoms in total. The van der Waals surface area contributed by atoms with Crippen molar-refractivity contribution < 1.29 is 13.3 Å². The highest BCUT2D eigenvalue weighted by Gasteiger charge is 2.39. The molecule has 0 heterocycles. The van der Waals surface area contributed by atoms with E-state index in [1.165, 1.54) is 0 Å². The molecule has 0 bridgehead atoms. The topological polar surface area (TPSA) is 79.7 Å². The van der Waals surface area contributed by atoms with Gasteiger partial charge in [0.2, 0.25) is 0 Å². The van der Waals surface area contributed by atoms with Crippen LogP contribution in [0.2, 0.25) is 6.04 Å². The van der Waals surface area contributed by atoms with Crippen LogP contribution in [0.3, 0.4) is 0 Å². The van der Waals surface area contributed by atoms with Gasteiger partial charge in [0, 0.05) is 25.9 Å². The molecule has 0 atom stereocenters. The van der Waals surface area contributed by atoms with Crippen LogP contribution in [0.5, 0.6) is 0 Å². The number of hydrogen-bond donors (Lipinski definition) is 2. The molecule has 0 aliphatic heterocycles. The molecule has 0 rings (SSSR count). The fourth-order valence-electron chi connectivity index (χ4n) is 1.51. The van der Waals surface area contributed by atoms with Gasteiger partial charge in [-0.1, -0.05) is 12.2 Å². The molecule has 0 fully saturated rings. The molecule has 0 aromatic rings. The zero-order valence-corrected chi connectivity index (χ0v) is 12.1. The van der Waals surface area contributed by atoms with Gasteiger partial charge in [0.15, 0.2) is 0 Å². The quantitative estimate of drug-likeness (QED) is 0.351. The summed E-state index contributed by atoms with van der Waals surface area (Å²) in [6, 6.07) is 0.756. The number of hydrogen-bond acceptors (Lipinski definition) is 5. The molecular weight excluding hydrogens is 236 g/mol. The molecule has 0 aromatic carbocycles. The highest BCUT2D eigenvalue weighted by molar-refractivity contribution is 6.60. The summed E-state index contributed by atoms with van der Waals surface area (Å²) < 4.78 is 17.1. The van der Waals surface area contributed by atoms with Crippen LogP contribution in [0.1, 0.15) is 27.2 Å². The van der Waals surface area contributed by atoms with Crippen LogP contribution in [-0.4, -0.2) is 34.8 Å². The third-order valence-electron chi connectivity index (χ3n) is 2.07. The molecule has 0 saturated heterocycles. The molecule has 0 aliphatic rings. The standard InChI is InChI=1S/C11H26N2O3Si/c1-4-14-17(15-5-2,16-6-3)10-8-7-9-11(12)13/h7,9,11H,4-6,8,10,12-13H2,1-3H3. The van der Waals surface area contributed by atoms with Crippen molar-refractivity contribution in [2.24, 2.45) is 11.5 Å². The summed E-state index contributed by atoms with van der Waals surface area (Å²) in [4.78, 5) is 0. The molecule has 0 saturated carbocycles. The molecular formula is C11H26N2O3Si. The molecule has 0 radical (unpaired) electrons.